The zero-order valence-electron chi connectivity index (χ0n) is 8.43. The number of halogens is 3. The van der Waals surface area contributed by atoms with Gasteiger partial charge >= 0.3 is 0 Å². The van der Waals surface area contributed by atoms with E-state index >= 15 is 0 Å². The average molecular weight is 276 g/mol. The van der Waals surface area contributed by atoms with Crippen LogP contribution in [-0.4, -0.2) is 19.0 Å². The Morgan fingerprint density at radius 3 is 2.60 bits per heavy atom. The van der Waals surface area contributed by atoms with Crippen molar-refractivity contribution in [2.75, 3.05) is 18.0 Å². The Hall–Kier alpha value is -0.640. The van der Waals surface area contributed by atoms with Crippen LogP contribution in [0.25, 0.3) is 0 Å². The maximum Gasteiger partial charge on any atom is 0.266 e. The smallest absolute Gasteiger partial charge is 0.266 e. The molecule has 0 bridgehead atoms. The van der Waals surface area contributed by atoms with E-state index in [1.807, 2.05) is 25.1 Å². The summed E-state index contributed by atoms with van der Waals surface area (Å²) in [5, 5.41) is 0. The second-order valence-electron chi connectivity index (χ2n) is 4.01. The van der Waals surface area contributed by atoms with Gasteiger partial charge in [-0.1, -0.05) is 15.9 Å². The molecule has 1 aromatic carbocycles. The molecule has 0 spiro atoms. The van der Waals surface area contributed by atoms with Crippen LogP contribution in [0.1, 0.15) is 12.0 Å². The Morgan fingerprint density at radius 1 is 1.33 bits per heavy atom. The highest BCUT2D eigenvalue weighted by Crippen LogP contribution is 2.32. The van der Waals surface area contributed by atoms with Crippen molar-refractivity contribution in [2.24, 2.45) is 0 Å². The second-order valence-corrected chi connectivity index (χ2v) is 4.93. The van der Waals surface area contributed by atoms with Gasteiger partial charge in [0, 0.05) is 23.1 Å². The standard InChI is InChI=1S/C11H12BrF2N/c1-8-4-9(12)6-10(5-8)15-3-2-11(13,14)7-15/h4-6H,2-3,7H2,1H3. The lowest BCUT2D eigenvalue weighted by Gasteiger charge is -2.19. The van der Waals surface area contributed by atoms with E-state index in [1.165, 1.54) is 0 Å². The Morgan fingerprint density at radius 2 is 2.07 bits per heavy atom. The highest BCUT2D eigenvalue weighted by atomic mass is 79.9. The molecule has 0 radical (unpaired) electrons. The Kier molecular flexibility index (Phi) is 2.71. The van der Waals surface area contributed by atoms with Gasteiger partial charge in [-0.15, -0.1) is 0 Å². The molecule has 0 unspecified atom stereocenters. The summed E-state index contributed by atoms with van der Waals surface area (Å²) in [6, 6.07) is 5.79. The fourth-order valence-corrected chi connectivity index (χ4v) is 2.45. The van der Waals surface area contributed by atoms with Crippen molar-refractivity contribution >= 4 is 21.6 Å². The summed E-state index contributed by atoms with van der Waals surface area (Å²) in [7, 11) is 0. The minimum atomic E-state index is -2.53. The van der Waals surface area contributed by atoms with Crippen molar-refractivity contribution in [3.8, 4) is 0 Å². The predicted molar refractivity (Wildman–Crippen MR) is 60.7 cm³/mol. The summed E-state index contributed by atoms with van der Waals surface area (Å²) in [5.41, 5.74) is 1.95. The van der Waals surface area contributed by atoms with Crippen molar-refractivity contribution in [1.82, 2.24) is 0 Å². The zero-order chi connectivity index (χ0) is 11.1. The lowest BCUT2D eigenvalue weighted by atomic mass is 10.2. The molecule has 15 heavy (non-hydrogen) atoms. The number of aryl methyl sites for hydroxylation is 1. The van der Waals surface area contributed by atoms with Crippen molar-refractivity contribution in [2.45, 2.75) is 19.3 Å². The highest BCUT2D eigenvalue weighted by molar-refractivity contribution is 9.10. The quantitative estimate of drug-likeness (QED) is 0.757. The highest BCUT2D eigenvalue weighted by Gasteiger charge is 2.38. The van der Waals surface area contributed by atoms with E-state index < -0.39 is 5.92 Å². The van der Waals surface area contributed by atoms with Gasteiger partial charge in [0.15, 0.2) is 0 Å². The number of rotatable bonds is 1. The van der Waals surface area contributed by atoms with E-state index in [1.54, 1.807) is 4.90 Å². The Labute approximate surface area is 96.2 Å². The third-order valence-electron chi connectivity index (χ3n) is 2.56. The molecule has 0 atom stereocenters. The van der Waals surface area contributed by atoms with Crippen LogP contribution in [0.4, 0.5) is 14.5 Å². The Balaban J connectivity index is 2.24. The molecular formula is C11H12BrF2N. The van der Waals surface area contributed by atoms with Gasteiger partial charge in [-0.05, 0) is 30.7 Å². The van der Waals surface area contributed by atoms with Gasteiger partial charge in [-0.3, -0.25) is 0 Å². The maximum absolute atomic E-state index is 13.0. The van der Waals surface area contributed by atoms with Gasteiger partial charge in [-0.25, -0.2) is 8.78 Å². The topological polar surface area (TPSA) is 3.24 Å². The average Bonchev–Trinajstić information content (AvgIpc) is 2.44. The predicted octanol–water partition coefficient (Wildman–Crippen LogP) is 3.60. The normalized spacial score (nSPS) is 19.6. The second kappa shape index (κ2) is 3.74. The molecule has 1 fully saturated rings. The molecule has 4 heteroatoms. The fourth-order valence-electron chi connectivity index (χ4n) is 1.86. The summed E-state index contributed by atoms with van der Waals surface area (Å²) in [6.45, 7) is 2.23. The van der Waals surface area contributed by atoms with E-state index in [2.05, 4.69) is 15.9 Å². The molecule has 1 heterocycles. The van der Waals surface area contributed by atoms with Gasteiger partial charge in [0.1, 0.15) is 0 Å². The maximum atomic E-state index is 13.0. The van der Waals surface area contributed by atoms with Crippen LogP contribution in [-0.2, 0) is 0 Å². The SMILES string of the molecule is Cc1cc(Br)cc(N2CCC(F)(F)C2)c1. The first kappa shape index (κ1) is 10.9. The van der Waals surface area contributed by atoms with Crippen LogP contribution in [0, 0.1) is 6.92 Å². The van der Waals surface area contributed by atoms with Gasteiger partial charge in [0.05, 0.1) is 6.54 Å². The number of hydrogen-bond acceptors (Lipinski definition) is 1. The molecule has 1 nitrogen and oxygen atoms in total. The van der Waals surface area contributed by atoms with Crippen molar-refractivity contribution < 1.29 is 8.78 Å². The van der Waals surface area contributed by atoms with E-state index in [4.69, 9.17) is 0 Å². The van der Waals surface area contributed by atoms with Crippen LogP contribution in [0.5, 0.6) is 0 Å². The first-order valence-electron chi connectivity index (χ1n) is 4.86. The fraction of sp³-hybridized carbons (Fsp3) is 0.455. The van der Waals surface area contributed by atoms with E-state index in [-0.39, 0.29) is 13.0 Å². The number of nitrogens with zero attached hydrogens (tertiary/aromatic N) is 1. The van der Waals surface area contributed by atoms with Crippen LogP contribution in [0.2, 0.25) is 0 Å². The molecule has 2 rings (SSSR count). The molecule has 1 aliphatic rings. The van der Waals surface area contributed by atoms with E-state index in [0.717, 1.165) is 15.7 Å². The lowest BCUT2D eigenvalue weighted by molar-refractivity contribution is 0.0257. The molecule has 0 N–H and O–H groups in total. The van der Waals surface area contributed by atoms with Crippen molar-refractivity contribution in [3.63, 3.8) is 0 Å². The molecule has 0 aliphatic carbocycles. The summed E-state index contributed by atoms with van der Waals surface area (Å²) in [5.74, 6) is -2.53. The van der Waals surface area contributed by atoms with Gasteiger partial charge < -0.3 is 4.90 Å². The molecule has 1 aliphatic heterocycles. The first-order valence-corrected chi connectivity index (χ1v) is 5.66. The van der Waals surface area contributed by atoms with E-state index in [0.29, 0.717) is 6.54 Å². The minimum absolute atomic E-state index is 0.0431. The summed E-state index contributed by atoms with van der Waals surface area (Å²) in [4.78, 5) is 1.73. The first-order chi connectivity index (χ1) is 6.96. The number of hydrogen-bond donors (Lipinski definition) is 0. The van der Waals surface area contributed by atoms with Gasteiger partial charge in [-0.2, -0.15) is 0 Å². The molecule has 0 aromatic heterocycles. The van der Waals surface area contributed by atoms with Crippen LogP contribution < -0.4 is 4.90 Å². The molecule has 0 amide bonds. The van der Waals surface area contributed by atoms with Crippen LogP contribution in [0.3, 0.4) is 0 Å². The monoisotopic (exact) mass is 275 g/mol. The summed E-state index contributed by atoms with van der Waals surface area (Å²) < 4.78 is 27.0. The van der Waals surface area contributed by atoms with Crippen LogP contribution in [0.15, 0.2) is 22.7 Å². The number of anilines is 1. The van der Waals surface area contributed by atoms with Crippen molar-refractivity contribution in [3.05, 3.63) is 28.2 Å². The van der Waals surface area contributed by atoms with Crippen LogP contribution >= 0.6 is 15.9 Å². The molecule has 82 valence electrons. The third-order valence-corrected chi connectivity index (χ3v) is 3.02. The van der Waals surface area contributed by atoms with E-state index in [9.17, 15) is 8.78 Å². The third kappa shape index (κ3) is 2.48. The number of benzene rings is 1. The minimum Gasteiger partial charge on any atom is -0.365 e. The Bertz CT molecular complexity index is 359. The summed E-state index contributed by atoms with van der Waals surface area (Å²) in [6.07, 6.45) is -0.0431. The number of alkyl halides is 2. The zero-order valence-corrected chi connectivity index (χ0v) is 10.0. The molecule has 1 aromatic rings. The molecule has 0 saturated carbocycles. The molecular weight excluding hydrogens is 264 g/mol. The summed E-state index contributed by atoms with van der Waals surface area (Å²) >= 11 is 3.37. The van der Waals surface area contributed by atoms with Gasteiger partial charge in [0.2, 0.25) is 0 Å². The molecule has 1 saturated heterocycles. The lowest BCUT2D eigenvalue weighted by Crippen LogP contribution is -2.24. The van der Waals surface area contributed by atoms with Crippen molar-refractivity contribution in [1.29, 1.82) is 0 Å². The largest absolute Gasteiger partial charge is 0.365 e. The van der Waals surface area contributed by atoms with Gasteiger partial charge in [0.25, 0.3) is 5.92 Å².